The number of hydrogen-bond acceptors (Lipinski definition) is 3. The van der Waals surface area contributed by atoms with Gasteiger partial charge in [0.2, 0.25) is 5.88 Å². The van der Waals surface area contributed by atoms with Gasteiger partial charge in [-0.2, -0.15) is 0 Å². The van der Waals surface area contributed by atoms with Gasteiger partial charge in [0.05, 0.1) is 6.61 Å². The Kier molecular flexibility index (Phi) is 3.54. The summed E-state index contributed by atoms with van der Waals surface area (Å²) in [7, 11) is 1.64. The predicted molar refractivity (Wildman–Crippen MR) is 45.2 cm³/mol. The number of pyridine rings is 1. The SMILES string of the molecule is COCCOc1cc[c]c(C)n1. The highest BCUT2D eigenvalue weighted by atomic mass is 16.5. The lowest BCUT2D eigenvalue weighted by atomic mass is 10.4. The Bertz CT molecular complexity index is 238. The Hall–Kier alpha value is -1.09. The third-order valence-corrected chi connectivity index (χ3v) is 1.33. The molecular formula is C9H12NO2. The van der Waals surface area contributed by atoms with E-state index in [4.69, 9.17) is 9.47 Å². The third-order valence-electron chi connectivity index (χ3n) is 1.33. The monoisotopic (exact) mass is 166 g/mol. The lowest BCUT2D eigenvalue weighted by Gasteiger charge is -2.03. The molecule has 0 aliphatic carbocycles. The summed E-state index contributed by atoms with van der Waals surface area (Å²) in [6, 6.07) is 6.52. The van der Waals surface area contributed by atoms with Gasteiger partial charge in [-0.05, 0) is 13.0 Å². The fourth-order valence-electron chi connectivity index (χ4n) is 0.778. The van der Waals surface area contributed by atoms with Crippen molar-refractivity contribution in [2.24, 2.45) is 0 Å². The van der Waals surface area contributed by atoms with Crippen molar-refractivity contribution in [2.45, 2.75) is 6.92 Å². The van der Waals surface area contributed by atoms with Crippen molar-refractivity contribution in [1.82, 2.24) is 4.98 Å². The second-order valence-electron chi connectivity index (χ2n) is 2.35. The molecule has 0 aromatic carbocycles. The molecule has 0 unspecified atom stereocenters. The van der Waals surface area contributed by atoms with E-state index in [0.29, 0.717) is 19.1 Å². The Morgan fingerprint density at radius 1 is 1.50 bits per heavy atom. The average molecular weight is 166 g/mol. The Balaban J connectivity index is 2.41. The molecule has 1 heterocycles. The molecule has 0 aliphatic heterocycles. The van der Waals surface area contributed by atoms with E-state index in [2.05, 4.69) is 11.1 Å². The first-order chi connectivity index (χ1) is 5.83. The van der Waals surface area contributed by atoms with Crippen molar-refractivity contribution in [3.05, 3.63) is 23.9 Å². The van der Waals surface area contributed by atoms with Gasteiger partial charge < -0.3 is 9.47 Å². The first kappa shape index (κ1) is 9.00. The van der Waals surface area contributed by atoms with Crippen molar-refractivity contribution in [2.75, 3.05) is 20.3 Å². The lowest BCUT2D eigenvalue weighted by molar-refractivity contribution is 0.143. The maximum atomic E-state index is 5.27. The van der Waals surface area contributed by atoms with E-state index in [1.807, 2.05) is 6.92 Å². The summed E-state index contributed by atoms with van der Waals surface area (Å²) in [5, 5.41) is 0. The molecule has 0 saturated heterocycles. The average Bonchev–Trinajstić information content (AvgIpc) is 2.05. The van der Waals surface area contributed by atoms with Crippen molar-refractivity contribution in [3.8, 4) is 5.88 Å². The van der Waals surface area contributed by atoms with Gasteiger partial charge in [0.1, 0.15) is 6.61 Å². The summed E-state index contributed by atoms with van der Waals surface area (Å²) in [5.74, 6) is 0.628. The summed E-state index contributed by atoms with van der Waals surface area (Å²) in [6.45, 7) is 3.00. The van der Waals surface area contributed by atoms with Crippen LogP contribution in [0.4, 0.5) is 0 Å². The number of rotatable bonds is 4. The van der Waals surface area contributed by atoms with E-state index in [-0.39, 0.29) is 0 Å². The largest absolute Gasteiger partial charge is 0.475 e. The van der Waals surface area contributed by atoms with Crippen molar-refractivity contribution < 1.29 is 9.47 Å². The highest BCUT2D eigenvalue weighted by Crippen LogP contribution is 2.05. The van der Waals surface area contributed by atoms with Crippen LogP contribution in [0, 0.1) is 13.0 Å². The Morgan fingerprint density at radius 3 is 3.00 bits per heavy atom. The van der Waals surface area contributed by atoms with Crippen LogP contribution in [0.5, 0.6) is 5.88 Å². The highest BCUT2D eigenvalue weighted by molar-refractivity contribution is 5.13. The maximum Gasteiger partial charge on any atom is 0.213 e. The van der Waals surface area contributed by atoms with Crippen LogP contribution in [0.2, 0.25) is 0 Å². The molecule has 0 spiro atoms. The third kappa shape index (κ3) is 2.88. The zero-order valence-corrected chi connectivity index (χ0v) is 7.33. The van der Waals surface area contributed by atoms with Gasteiger partial charge in [0.15, 0.2) is 0 Å². The number of hydrogen-bond donors (Lipinski definition) is 0. The number of aryl methyl sites for hydroxylation is 1. The van der Waals surface area contributed by atoms with E-state index in [9.17, 15) is 0 Å². The number of methoxy groups -OCH3 is 1. The maximum absolute atomic E-state index is 5.27. The quantitative estimate of drug-likeness (QED) is 0.630. The normalized spacial score (nSPS) is 9.83. The molecule has 0 N–H and O–H groups in total. The van der Waals surface area contributed by atoms with E-state index in [0.717, 1.165) is 5.69 Å². The molecule has 1 aromatic heterocycles. The summed E-state index contributed by atoms with van der Waals surface area (Å²) >= 11 is 0. The number of aromatic nitrogens is 1. The smallest absolute Gasteiger partial charge is 0.213 e. The molecule has 0 amide bonds. The van der Waals surface area contributed by atoms with E-state index in [1.54, 1.807) is 19.2 Å². The second kappa shape index (κ2) is 4.72. The van der Waals surface area contributed by atoms with Gasteiger partial charge >= 0.3 is 0 Å². The fourth-order valence-corrected chi connectivity index (χ4v) is 0.778. The Morgan fingerprint density at radius 2 is 2.33 bits per heavy atom. The molecule has 65 valence electrons. The van der Waals surface area contributed by atoms with Gasteiger partial charge in [-0.1, -0.05) is 0 Å². The highest BCUT2D eigenvalue weighted by Gasteiger charge is 1.93. The molecule has 0 saturated carbocycles. The van der Waals surface area contributed by atoms with Crippen LogP contribution in [-0.4, -0.2) is 25.3 Å². The molecule has 0 bridgehead atoms. The summed E-state index contributed by atoms with van der Waals surface area (Å²) in [4.78, 5) is 4.11. The minimum atomic E-state index is 0.535. The first-order valence-electron chi connectivity index (χ1n) is 3.80. The predicted octanol–water partition coefficient (Wildman–Crippen LogP) is 1.22. The van der Waals surface area contributed by atoms with Gasteiger partial charge in [-0.15, -0.1) is 0 Å². The van der Waals surface area contributed by atoms with Crippen LogP contribution in [0.15, 0.2) is 12.1 Å². The molecule has 0 aliphatic rings. The minimum Gasteiger partial charge on any atom is -0.475 e. The molecule has 0 fully saturated rings. The minimum absolute atomic E-state index is 0.535. The van der Waals surface area contributed by atoms with Crippen LogP contribution in [-0.2, 0) is 4.74 Å². The summed E-state index contributed by atoms with van der Waals surface area (Å²) in [6.07, 6.45) is 0. The van der Waals surface area contributed by atoms with Crippen LogP contribution in [0.25, 0.3) is 0 Å². The molecule has 1 aromatic rings. The van der Waals surface area contributed by atoms with Gasteiger partial charge in [-0.3, -0.25) is 0 Å². The van der Waals surface area contributed by atoms with Crippen LogP contribution >= 0.6 is 0 Å². The van der Waals surface area contributed by atoms with Crippen LogP contribution in [0.3, 0.4) is 0 Å². The fraction of sp³-hybridized carbons (Fsp3) is 0.444. The first-order valence-corrected chi connectivity index (χ1v) is 3.80. The van der Waals surface area contributed by atoms with Crippen LogP contribution < -0.4 is 4.74 Å². The topological polar surface area (TPSA) is 31.4 Å². The zero-order chi connectivity index (χ0) is 8.81. The van der Waals surface area contributed by atoms with Gasteiger partial charge in [0.25, 0.3) is 0 Å². The van der Waals surface area contributed by atoms with Crippen LogP contribution in [0.1, 0.15) is 5.69 Å². The van der Waals surface area contributed by atoms with Gasteiger partial charge in [-0.25, -0.2) is 4.98 Å². The van der Waals surface area contributed by atoms with E-state index >= 15 is 0 Å². The van der Waals surface area contributed by atoms with Crippen molar-refractivity contribution in [3.63, 3.8) is 0 Å². The molecule has 1 radical (unpaired) electrons. The molecular weight excluding hydrogens is 154 g/mol. The summed E-state index contributed by atoms with van der Waals surface area (Å²) < 4.78 is 10.1. The second-order valence-corrected chi connectivity index (χ2v) is 2.35. The Labute approximate surface area is 72.3 Å². The molecule has 3 heteroatoms. The van der Waals surface area contributed by atoms with Crippen molar-refractivity contribution >= 4 is 0 Å². The summed E-state index contributed by atoms with van der Waals surface area (Å²) in [5.41, 5.74) is 0.838. The molecule has 0 atom stereocenters. The molecule has 3 nitrogen and oxygen atoms in total. The van der Waals surface area contributed by atoms with Crippen molar-refractivity contribution in [1.29, 1.82) is 0 Å². The lowest BCUT2D eigenvalue weighted by Crippen LogP contribution is -2.05. The molecule has 1 rings (SSSR count). The number of ether oxygens (including phenoxy) is 2. The van der Waals surface area contributed by atoms with E-state index < -0.39 is 0 Å². The standard InChI is InChI=1S/C9H12NO2/c1-8-4-3-5-9(10-8)12-7-6-11-2/h3,5H,6-7H2,1-2H3. The molecule has 12 heavy (non-hydrogen) atoms. The number of nitrogens with zero attached hydrogens (tertiary/aromatic N) is 1. The van der Waals surface area contributed by atoms with E-state index in [1.165, 1.54) is 0 Å². The van der Waals surface area contributed by atoms with Gasteiger partial charge in [0, 0.05) is 24.9 Å². The zero-order valence-electron chi connectivity index (χ0n) is 7.33.